The van der Waals surface area contributed by atoms with Crippen LogP contribution in [0, 0.1) is 0 Å². The van der Waals surface area contributed by atoms with Gasteiger partial charge >= 0.3 is 0 Å². The van der Waals surface area contributed by atoms with Crippen molar-refractivity contribution in [1.29, 1.82) is 0 Å². The summed E-state index contributed by atoms with van der Waals surface area (Å²) in [6, 6.07) is 0. The third kappa shape index (κ3) is 4.53. The molecule has 0 aliphatic carbocycles. The average molecular weight is 181 g/mol. The zero-order valence-corrected chi connectivity index (χ0v) is 8.22. The maximum atomic E-state index is 11.1. The highest BCUT2D eigenvalue weighted by Crippen LogP contribution is 2.41. The number of nitrogens with one attached hydrogen (secondary N) is 1. The van der Waals surface area contributed by atoms with Crippen molar-refractivity contribution in [2.24, 2.45) is 0 Å². The highest BCUT2D eigenvalue weighted by Gasteiger charge is 2.29. The monoisotopic (exact) mass is 181 g/mol. The van der Waals surface area contributed by atoms with Crippen molar-refractivity contribution in [1.82, 2.24) is 5.09 Å². The fraction of sp³-hybridized carbons (Fsp3) is 1.00. The van der Waals surface area contributed by atoms with Crippen LogP contribution in [0.4, 0.5) is 0 Å². The summed E-state index contributed by atoms with van der Waals surface area (Å²) >= 11 is 0. The van der Waals surface area contributed by atoms with Gasteiger partial charge in [-0.2, -0.15) is 0 Å². The lowest BCUT2D eigenvalue weighted by atomic mass is 10.1. The molecule has 0 amide bonds. The molecule has 0 fully saturated rings. The van der Waals surface area contributed by atoms with Crippen molar-refractivity contribution in [2.75, 3.05) is 0 Å². The van der Waals surface area contributed by atoms with E-state index in [9.17, 15) is 4.57 Å². The highest BCUT2D eigenvalue weighted by atomic mass is 31.2. The molecule has 0 saturated heterocycles. The molecule has 0 radical (unpaired) electrons. The Hall–Kier alpha value is 0.110. The van der Waals surface area contributed by atoms with Gasteiger partial charge < -0.3 is 10.00 Å². The third-order valence-electron chi connectivity index (χ3n) is 1.00. The maximum absolute atomic E-state index is 11.1. The lowest BCUT2D eigenvalue weighted by Gasteiger charge is -2.26. The van der Waals surface area contributed by atoms with Gasteiger partial charge in [0, 0.05) is 5.54 Å². The normalized spacial score (nSPS) is 20.9. The van der Waals surface area contributed by atoms with Gasteiger partial charge in [0.25, 0.3) is 7.52 Å². The van der Waals surface area contributed by atoms with E-state index in [1.807, 2.05) is 0 Å². The Balaban J connectivity index is 4.26. The molecule has 0 aromatic rings. The molecule has 2 atom stereocenters. The van der Waals surface area contributed by atoms with Crippen LogP contribution in [0.25, 0.3) is 0 Å². The maximum Gasteiger partial charge on any atom is 0.295 e. The fourth-order valence-corrected chi connectivity index (χ4v) is 1.72. The van der Waals surface area contributed by atoms with Crippen LogP contribution in [-0.4, -0.2) is 21.4 Å². The first-order valence-electron chi connectivity index (χ1n) is 3.45. The second-order valence-corrected chi connectivity index (χ2v) is 5.83. The van der Waals surface area contributed by atoms with Gasteiger partial charge in [-0.05, 0) is 27.7 Å². The first-order chi connectivity index (χ1) is 4.65. The number of aliphatic hydroxyl groups excluding tert-OH is 1. The van der Waals surface area contributed by atoms with Gasteiger partial charge in [0.15, 0.2) is 0 Å². The quantitative estimate of drug-likeness (QED) is 0.553. The van der Waals surface area contributed by atoms with Gasteiger partial charge in [0.1, 0.15) is 5.85 Å². The van der Waals surface area contributed by atoms with Crippen LogP contribution in [0.3, 0.4) is 0 Å². The summed E-state index contributed by atoms with van der Waals surface area (Å²) in [5, 5.41) is 11.3. The molecule has 5 heteroatoms. The van der Waals surface area contributed by atoms with Crippen LogP contribution in [0.1, 0.15) is 27.7 Å². The van der Waals surface area contributed by atoms with E-state index in [0.29, 0.717) is 0 Å². The lowest BCUT2D eigenvalue weighted by Crippen LogP contribution is -2.35. The largest absolute Gasteiger partial charge is 0.382 e. The summed E-state index contributed by atoms with van der Waals surface area (Å²) in [4.78, 5) is 9.12. The van der Waals surface area contributed by atoms with Crippen molar-refractivity contribution < 1.29 is 14.6 Å². The molecular weight excluding hydrogens is 165 g/mol. The Bertz CT molecular complexity index is 173. The van der Waals surface area contributed by atoms with Crippen molar-refractivity contribution in [3.05, 3.63) is 0 Å². The highest BCUT2D eigenvalue weighted by molar-refractivity contribution is 7.56. The minimum atomic E-state index is -3.58. The van der Waals surface area contributed by atoms with Crippen molar-refractivity contribution in [2.45, 2.75) is 39.1 Å². The number of rotatable bonds is 2. The van der Waals surface area contributed by atoms with E-state index >= 15 is 0 Å². The van der Waals surface area contributed by atoms with Gasteiger partial charge in [0.2, 0.25) is 0 Å². The Morgan fingerprint density at radius 3 is 1.91 bits per heavy atom. The van der Waals surface area contributed by atoms with E-state index < -0.39 is 18.9 Å². The van der Waals surface area contributed by atoms with Gasteiger partial charge in [-0.3, -0.25) is 4.57 Å². The molecule has 0 aliphatic rings. The summed E-state index contributed by atoms with van der Waals surface area (Å²) < 4.78 is 11.1. The third-order valence-corrected chi connectivity index (χ3v) is 3.01. The fourth-order valence-electron chi connectivity index (χ4n) is 0.574. The Morgan fingerprint density at radius 1 is 1.45 bits per heavy atom. The van der Waals surface area contributed by atoms with Crippen LogP contribution < -0.4 is 5.09 Å². The van der Waals surface area contributed by atoms with Gasteiger partial charge in [-0.25, -0.2) is 5.09 Å². The van der Waals surface area contributed by atoms with Crippen LogP contribution in [0.2, 0.25) is 0 Å². The summed E-state index contributed by atoms with van der Waals surface area (Å²) in [7, 11) is -3.58. The van der Waals surface area contributed by atoms with E-state index in [1.165, 1.54) is 6.92 Å². The smallest absolute Gasteiger partial charge is 0.295 e. The van der Waals surface area contributed by atoms with Gasteiger partial charge in [-0.1, -0.05) is 0 Å². The molecule has 4 nitrogen and oxygen atoms in total. The number of hydrogen-bond donors (Lipinski definition) is 3. The van der Waals surface area contributed by atoms with Crippen molar-refractivity contribution in [3.8, 4) is 0 Å². The zero-order chi connectivity index (χ0) is 9.28. The second-order valence-electron chi connectivity index (χ2n) is 3.62. The van der Waals surface area contributed by atoms with Crippen molar-refractivity contribution in [3.63, 3.8) is 0 Å². The molecule has 0 bridgehead atoms. The summed E-state index contributed by atoms with van der Waals surface area (Å²) in [5.74, 6) is -1.22. The van der Waals surface area contributed by atoms with E-state index in [1.54, 1.807) is 20.8 Å². The first-order valence-corrected chi connectivity index (χ1v) is 5.18. The molecule has 0 aliphatic heterocycles. The lowest BCUT2D eigenvalue weighted by molar-refractivity contribution is 0.239. The molecule has 0 aromatic heterocycles. The predicted molar refractivity (Wildman–Crippen MR) is 44.4 cm³/mol. The summed E-state index contributed by atoms with van der Waals surface area (Å²) in [6.45, 7) is 6.58. The first kappa shape index (κ1) is 11.1. The molecule has 0 aromatic carbocycles. The Kier molecular flexibility index (Phi) is 3.27. The molecule has 0 rings (SSSR count). The zero-order valence-electron chi connectivity index (χ0n) is 7.33. The molecule has 0 saturated carbocycles. The van der Waals surface area contributed by atoms with Crippen LogP contribution in [0.15, 0.2) is 0 Å². The number of hydrogen-bond acceptors (Lipinski definition) is 2. The number of aliphatic hydroxyl groups is 1. The van der Waals surface area contributed by atoms with Gasteiger partial charge in [0.05, 0.1) is 0 Å². The van der Waals surface area contributed by atoms with Crippen molar-refractivity contribution >= 4 is 7.52 Å². The molecule has 11 heavy (non-hydrogen) atoms. The average Bonchev–Trinajstić information content (AvgIpc) is 1.56. The molecule has 0 spiro atoms. The van der Waals surface area contributed by atoms with E-state index in [0.717, 1.165) is 0 Å². The SMILES string of the molecule is CC(O)P(=O)(O)NC(C)(C)C. The standard InChI is InChI=1S/C6H16NO3P/c1-5(8)11(9,10)7-6(2,3)4/h5,8H,1-4H3,(H2,7,9,10). The molecule has 2 unspecified atom stereocenters. The Morgan fingerprint density at radius 2 is 1.82 bits per heavy atom. The summed E-state index contributed by atoms with van der Waals surface area (Å²) in [6.07, 6.45) is 0. The van der Waals surface area contributed by atoms with E-state index in [-0.39, 0.29) is 0 Å². The Labute approximate surface area is 67.1 Å². The van der Waals surface area contributed by atoms with Crippen LogP contribution in [-0.2, 0) is 4.57 Å². The molecule has 0 heterocycles. The van der Waals surface area contributed by atoms with Gasteiger partial charge in [-0.15, -0.1) is 0 Å². The predicted octanol–water partition coefficient (Wildman–Crippen LogP) is 0.898. The molecule has 68 valence electrons. The topological polar surface area (TPSA) is 69.6 Å². The minimum Gasteiger partial charge on any atom is -0.382 e. The molecular formula is C6H16NO3P. The summed E-state index contributed by atoms with van der Waals surface area (Å²) in [5.41, 5.74) is -0.457. The second kappa shape index (κ2) is 3.23. The van der Waals surface area contributed by atoms with Crippen LogP contribution >= 0.6 is 7.52 Å². The van der Waals surface area contributed by atoms with E-state index in [4.69, 9.17) is 10.00 Å². The van der Waals surface area contributed by atoms with E-state index in [2.05, 4.69) is 5.09 Å². The van der Waals surface area contributed by atoms with Crippen LogP contribution in [0.5, 0.6) is 0 Å². The minimum absolute atomic E-state index is 0.457. The molecule has 3 N–H and O–H groups in total.